The molecular formula is C28H21N5O3. The van der Waals surface area contributed by atoms with Crippen molar-refractivity contribution in [2.24, 2.45) is 4.99 Å². The van der Waals surface area contributed by atoms with Gasteiger partial charge in [-0.2, -0.15) is 5.10 Å². The van der Waals surface area contributed by atoms with Gasteiger partial charge in [0.25, 0.3) is 5.91 Å². The topological polar surface area (TPSA) is 101 Å². The van der Waals surface area contributed by atoms with E-state index in [9.17, 15) is 4.79 Å². The van der Waals surface area contributed by atoms with Crippen LogP contribution < -0.4 is 20.1 Å². The molecule has 1 aromatic heterocycles. The molecule has 6 rings (SSSR count). The first-order chi connectivity index (χ1) is 17.7. The Labute approximate surface area is 206 Å². The molecule has 0 saturated heterocycles. The molecule has 0 radical (unpaired) electrons. The highest BCUT2D eigenvalue weighted by Gasteiger charge is 2.22. The number of benzene rings is 4. The number of anilines is 3. The molecule has 1 amide bonds. The quantitative estimate of drug-likeness (QED) is 0.260. The van der Waals surface area contributed by atoms with E-state index >= 15 is 0 Å². The van der Waals surface area contributed by atoms with Gasteiger partial charge in [-0.05, 0) is 47.3 Å². The number of carbonyl (C=O) groups excluding carboxylic acids is 1. The SMILES string of the molecule is O=C(Nc1cccc2ccccc12)c1c(N=Cc2ccc3c(c2)OCO3)n[nH]c1Nc1ccccc1. The van der Waals surface area contributed by atoms with E-state index in [0.717, 1.165) is 22.0 Å². The lowest BCUT2D eigenvalue weighted by atomic mass is 10.1. The molecule has 0 spiro atoms. The predicted molar refractivity (Wildman–Crippen MR) is 140 cm³/mol. The summed E-state index contributed by atoms with van der Waals surface area (Å²) in [6.07, 6.45) is 1.64. The van der Waals surface area contributed by atoms with Gasteiger partial charge >= 0.3 is 0 Å². The second kappa shape index (κ2) is 9.27. The fraction of sp³-hybridized carbons (Fsp3) is 0.0357. The van der Waals surface area contributed by atoms with Crippen molar-refractivity contribution in [3.63, 3.8) is 0 Å². The maximum absolute atomic E-state index is 13.6. The first-order valence-electron chi connectivity index (χ1n) is 11.4. The summed E-state index contributed by atoms with van der Waals surface area (Å²) in [6, 6.07) is 28.8. The molecule has 0 saturated carbocycles. The van der Waals surface area contributed by atoms with Crippen LogP contribution in [0.25, 0.3) is 10.8 Å². The van der Waals surface area contributed by atoms with E-state index in [1.165, 1.54) is 0 Å². The van der Waals surface area contributed by atoms with Crippen LogP contribution in [0, 0.1) is 0 Å². The zero-order valence-corrected chi connectivity index (χ0v) is 19.1. The van der Waals surface area contributed by atoms with Gasteiger partial charge in [0.2, 0.25) is 6.79 Å². The molecule has 0 unspecified atom stereocenters. The smallest absolute Gasteiger partial charge is 0.263 e. The number of carbonyl (C=O) groups is 1. The van der Waals surface area contributed by atoms with Crippen molar-refractivity contribution in [2.45, 2.75) is 0 Å². The number of para-hydroxylation sites is 1. The highest BCUT2D eigenvalue weighted by atomic mass is 16.7. The maximum Gasteiger partial charge on any atom is 0.263 e. The van der Waals surface area contributed by atoms with Gasteiger partial charge < -0.3 is 20.1 Å². The number of amides is 1. The van der Waals surface area contributed by atoms with Crippen LogP contribution in [0.2, 0.25) is 0 Å². The summed E-state index contributed by atoms with van der Waals surface area (Å²) in [4.78, 5) is 18.1. The summed E-state index contributed by atoms with van der Waals surface area (Å²) in [5.74, 6) is 1.70. The number of aromatic nitrogens is 2. The van der Waals surface area contributed by atoms with Crippen LogP contribution in [0.3, 0.4) is 0 Å². The Morgan fingerprint density at radius 2 is 1.72 bits per heavy atom. The molecule has 0 bridgehead atoms. The molecule has 1 aliphatic rings. The van der Waals surface area contributed by atoms with Crippen LogP contribution in [0.4, 0.5) is 23.0 Å². The minimum Gasteiger partial charge on any atom is -0.454 e. The molecular weight excluding hydrogens is 454 g/mol. The highest BCUT2D eigenvalue weighted by molar-refractivity contribution is 6.14. The minimum absolute atomic E-state index is 0.197. The molecule has 3 N–H and O–H groups in total. The van der Waals surface area contributed by atoms with Crippen molar-refractivity contribution in [1.29, 1.82) is 0 Å². The zero-order chi connectivity index (χ0) is 24.3. The first-order valence-corrected chi connectivity index (χ1v) is 11.4. The van der Waals surface area contributed by atoms with Crippen LogP contribution in [0.5, 0.6) is 11.5 Å². The number of aromatic amines is 1. The molecule has 36 heavy (non-hydrogen) atoms. The standard InChI is InChI=1S/C28H21N5O3/c34-28(31-22-12-6-8-19-7-4-5-11-21(19)22)25-26(32-33-27(25)30-20-9-2-1-3-10-20)29-16-18-13-14-23-24(15-18)36-17-35-23/h1-16H,17H2,(H,31,34)(H2,30,32,33). The van der Waals surface area contributed by atoms with Crippen LogP contribution >= 0.6 is 0 Å². The third kappa shape index (κ3) is 4.23. The van der Waals surface area contributed by atoms with Crippen molar-refractivity contribution in [3.05, 3.63) is 102 Å². The largest absolute Gasteiger partial charge is 0.454 e. The normalized spacial score (nSPS) is 12.2. The molecule has 2 heterocycles. The van der Waals surface area contributed by atoms with Gasteiger partial charge in [0.1, 0.15) is 11.4 Å². The second-order valence-corrected chi connectivity index (χ2v) is 8.14. The number of hydrogen-bond donors (Lipinski definition) is 3. The summed E-state index contributed by atoms with van der Waals surface area (Å²) >= 11 is 0. The Bertz CT molecular complexity index is 1590. The predicted octanol–water partition coefficient (Wildman–Crippen LogP) is 6.04. The fourth-order valence-electron chi connectivity index (χ4n) is 4.05. The molecule has 8 nitrogen and oxygen atoms in total. The fourth-order valence-corrected chi connectivity index (χ4v) is 4.05. The van der Waals surface area contributed by atoms with E-state index < -0.39 is 0 Å². The van der Waals surface area contributed by atoms with Gasteiger partial charge in [-0.3, -0.25) is 9.89 Å². The molecule has 8 heteroatoms. The number of rotatable bonds is 6. The minimum atomic E-state index is -0.337. The van der Waals surface area contributed by atoms with Crippen molar-refractivity contribution in [3.8, 4) is 11.5 Å². The Morgan fingerprint density at radius 1 is 0.917 bits per heavy atom. The lowest BCUT2D eigenvalue weighted by molar-refractivity contribution is 0.102. The summed E-state index contributed by atoms with van der Waals surface area (Å²) in [6.45, 7) is 0.197. The number of hydrogen-bond acceptors (Lipinski definition) is 6. The molecule has 1 aliphatic heterocycles. The maximum atomic E-state index is 13.6. The Morgan fingerprint density at radius 3 is 2.64 bits per heavy atom. The number of fused-ring (bicyclic) bond motifs is 2. The van der Waals surface area contributed by atoms with Crippen molar-refractivity contribution in [2.75, 3.05) is 17.4 Å². The average Bonchev–Trinajstić information content (AvgIpc) is 3.55. The van der Waals surface area contributed by atoms with Gasteiger partial charge in [-0.25, -0.2) is 4.99 Å². The van der Waals surface area contributed by atoms with Crippen molar-refractivity contribution >= 4 is 45.9 Å². The lowest BCUT2D eigenvalue weighted by Crippen LogP contribution is -2.13. The molecule has 176 valence electrons. The second-order valence-electron chi connectivity index (χ2n) is 8.14. The Hall–Kier alpha value is -5.11. The third-order valence-corrected chi connectivity index (χ3v) is 5.79. The molecule has 0 atom stereocenters. The van der Waals surface area contributed by atoms with Gasteiger partial charge in [0.05, 0.1) is 0 Å². The van der Waals surface area contributed by atoms with Crippen LogP contribution in [-0.4, -0.2) is 29.1 Å². The molecule has 4 aromatic carbocycles. The van der Waals surface area contributed by atoms with Gasteiger partial charge in [0, 0.05) is 23.0 Å². The average molecular weight is 476 g/mol. The summed E-state index contributed by atoms with van der Waals surface area (Å²) in [5, 5.41) is 15.5. The molecule has 0 aliphatic carbocycles. The van der Waals surface area contributed by atoms with E-state index in [-0.39, 0.29) is 18.5 Å². The number of H-pyrrole nitrogens is 1. The summed E-state index contributed by atoms with van der Waals surface area (Å²) in [5.41, 5.74) is 2.60. The van der Waals surface area contributed by atoms with Gasteiger partial charge in [-0.1, -0.05) is 54.6 Å². The van der Waals surface area contributed by atoms with Crippen LogP contribution in [0.1, 0.15) is 15.9 Å². The van der Waals surface area contributed by atoms with Gasteiger partial charge in [0.15, 0.2) is 17.3 Å². The summed E-state index contributed by atoms with van der Waals surface area (Å²) < 4.78 is 10.8. The van der Waals surface area contributed by atoms with E-state index in [4.69, 9.17) is 9.47 Å². The zero-order valence-electron chi connectivity index (χ0n) is 19.1. The number of aliphatic imine (C=N–C) groups is 1. The monoisotopic (exact) mass is 475 g/mol. The van der Waals surface area contributed by atoms with E-state index in [1.807, 2.05) is 91.0 Å². The molecule has 5 aromatic rings. The number of ether oxygens (including phenoxy) is 2. The van der Waals surface area contributed by atoms with E-state index in [1.54, 1.807) is 6.21 Å². The van der Waals surface area contributed by atoms with E-state index in [0.29, 0.717) is 28.6 Å². The van der Waals surface area contributed by atoms with Crippen molar-refractivity contribution < 1.29 is 14.3 Å². The van der Waals surface area contributed by atoms with Crippen LogP contribution in [0.15, 0.2) is 96.0 Å². The molecule has 0 fully saturated rings. The summed E-state index contributed by atoms with van der Waals surface area (Å²) in [7, 11) is 0. The highest BCUT2D eigenvalue weighted by Crippen LogP contribution is 2.33. The lowest BCUT2D eigenvalue weighted by Gasteiger charge is -2.10. The van der Waals surface area contributed by atoms with Gasteiger partial charge in [-0.15, -0.1) is 0 Å². The Kier molecular flexibility index (Phi) is 5.51. The Balaban J connectivity index is 1.35. The first kappa shape index (κ1) is 21.4. The van der Waals surface area contributed by atoms with Crippen LogP contribution in [-0.2, 0) is 0 Å². The number of nitrogens with zero attached hydrogens (tertiary/aromatic N) is 2. The third-order valence-electron chi connectivity index (χ3n) is 5.79. The van der Waals surface area contributed by atoms with E-state index in [2.05, 4.69) is 25.8 Å². The number of nitrogens with one attached hydrogen (secondary N) is 3. The van der Waals surface area contributed by atoms with Crippen molar-refractivity contribution in [1.82, 2.24) is 10.2 Å².